The quantitative estimate of drug-likeness (QED) is 0.600. The van der Waals surface area contributed by atoms with Crippen LogP contribution in [0.4, 0.5) is 0 Å². The fourth-order valence-corrected chi connectivity index (χ4v) is 1.05. The van der Waals surface area contributed by atoms with Gasteiger partial charge >= 0.3 is 0 Å². The number of aromatic nitrogens is 1. The summed E-state index contributed by atoms with van der Waals surface area (Å²) < 4.78 is 0. The number of hydrogen-bond acceptors (Lipinski definition) is 2. The zero-order valence-electron chi connectivity index (χ0n) is 6.46. The van der Waals surface area contributed by atoms with E-state index >= 15 is 0 Å². The number of aliphatic hydroxyl groups excluding tert-OH is 1. The molecule has 1 atom stereocenters. The molecule has 1 heterocycles. The molecule has 0 spiro atoms. The minimum absolute atomic E-state index is 0.0633. The molecule has 11 heavy (non-hydrogen) atoms. The van der Waals surface area contributed by atoms with Crippen LogP contribution in [0.1, 0.15) is 24.4 Å². The van der Waals surface area contributed by atoms with Crippen molar-refractivity contribution in [1.29, 1.82) is 0 Å². The van der Waals surface area contributed by atoms with Crippen molar-refractivity contribution in [2.24, 2.45) is 5.73 Å². The van der Waals surface area contributed by atoms with Crippen molar-refractivity contribution in [2.45, 2.75) is 18.9 Å². The molecular formula is C8H14N2O. The van der Waals surface area contributed by atoms with E-state index < -0.39 is 0 Å². The van der Waals surface area contributed by atoms with E-state index in [0.29, 0.717) is 0 Å². The van der Waals surface area contributed by atoms with Gasteiger partial charge in [0.1, 0.15) is 0 Å². The highest BCUT2D eigenvalue weighted by Crippen LogP contribution is 2.13. The third-order valence-corrected chi connectivity index (χ3v) is 1.72. The Morgan fingerprint density at radius 2 is 2.45 bits per heavy atom. The molecule has 0 aliphatic heterocycles. The summed E-state index contributed by atoms with van der Waals surface area (Å²) in [5, 5.41) is 8.55. The lowest BCUT2D eigenvalue weighted by atomic mass is 10.1. The molecule has 0 radical (unpaired) electrons. The molecule has 1 unspecified atom stereocenters. The maximum Gasteiger partial charge on any atom is 0.0431 e. The highest BCUT2D eigenvalue weighted by atomic mass is 16.2. The molecule has 1 aromatic rings. The van der Waals surface area contributed by atoms with E-state index in [2.05, 4.69) is 4.98 Å². The largest absolute Gasteiger partial charge is 0.396 e. The lowest BCUT2D eigenvalue weighted by Crippen LogP contribution is -2.09. The second kappa shape index (κ2) is 4.16. The number of hydrogen-bond donors (Lipinski definition) is 3. The molecule has 4 N–H and O–H groups in total. The predicted octanol–water partition coefficient (Wildman–Crippen LogP) is 0.787. The summed E-state index contributed by atoms with van der Waals surface area (Å²) in [6.07, 6.45) is 5.36. The summed E-state index contributed by atoms with van der Waals surface area (Å²) in [4.78, 5) is 2.94. The third-order valence-electron chi connectivity index (χ3n) is 1.72. The molecule has 0 aliphatic rings. The van der Waals surface area contributed by atoms with E-state index in [1.807, 2.05) is 18.5 Å². The van der Waals surface area contributed by atoms with Crippen molar-refractivity contribution in [2.75, 3.05) is 6.61 Å². The first-order valence-corrected chi connectivity index (χ1v) is 3.83. The first-order chi connectivity index (χ1) is 5.34. The van der Waals surface area contributed by atoms with Gasteiger partial charge in [-0.3, -0.25) is 0 Å². The summed E-state index contributed by atoms with van der Waals surface area (Å²) in [5.74, 6) is 0. The number of aromatic amines is 1. The zero-order valence-corrected chi connectivity index (χ0v) is 6.46. The van der Waals surface area contributed by atoms with Gasteiger partial charge in [0.05, 0.1) is 0 Å². The van der Waals surface area contributed by atoms with Gasteiger partial charge in [0.15, 0.2) is 0 Å². The van der Waals surface area contributed by atoms with Gasteiger partial charge in [-0.25, -0.2) is 0 Å². The number of aliphatic hydroxyl groups is 1. The Kier molecular flexibility index (Phi) is 3.14. The molecule has 0 aliphatic carbocycles. The standard InChI is InChI=1S/C8H14N2O/c9-8(2-1-5-11)7-3-4-10-6-7/h3-4,6,8,10-11H,1-2,5,9H2. The summed E-state index contributed by atoms with van der Waals surface area (Å²) in [7, 11) is 0. The molecular weight excluding hydrogens is 140 g/mol. The van der Waals surface area contributed by atoms with E-state index in [0.717, 1.165) is 18.4 Å². The van der Waals surface area contributed by atoms with Gasteiger partial charge in [-0.2, -0.15) is 0 Å². The van der Waals surface area contributed by atoms with Crippen LogP contribution in [0.2, 0.25) is 0 Å². The van der Waals surface area contributed by atoms with Crippen LogP contribution in [0.3, 0.4) is 0 Å². The second-order valence-corrected chi connectivity index (χ2v) is 2.62. The van der Waals surface area contributed by atoms with Crippen LogP contribution in [0, 0.1) is 0 Å². The Hall–Kier alpha value is -0.800. The molecule has 0 aromatic carbocycles. The molecule has 3 nitrogen and oxygen atoms in total. The summed E-state index contributed by atoms with van der Waals surface area (Å²) in [5.41, 5.74) is 6.90. The van der Waals surface area contributed by atoms with Crippen molar-refractivity contribution in [3.8, 4) is 0 Å². The highest BCUT2D eigenvalue weighted by Gasteiger charge is 2.04. The first kappa shape index (κ1) is 8.30. The van der Waals surface area contributed by atoms with Gasteiger partial charge in [-0.05, 0) is 24.5 Å². The van der Waals surface area contributed by atoms with Crippen LogP contribution < -0.4 is 5.73 Å². The molecule has 0 fully saturated rings. The molecule has 0 saturated heterocycles. The van der Waals surface area contributed by atoms with Gasteiger partial charge in [0, 0.05) is 25.0 Å². The molecule has 1 aromatic heterocycles. The monoisotopic (exact) mass is 154 g/mol. The minimum Gasteiger partial charge on any atom is -0.396 e. The van der Waals surface area contributed by atoms with Gasteiger partial charge in [-0.15, -0.1) is 0 Å². The second-order valence-electron chi connectivity index (χ2n) is 2.62. The maximum atomic E-state index is 8.55. The molecule has 62 valence electrons. The third kappa shape index (κ3) is 2.37. The van der Waals surface area contributed by atoms with Gasteiger partial charge in [0.2, 0.25) is 0 Å². The van der Waals surface area contributed by atoms with Gasteiger partial charge < -0.3 is 15.8 Å². The summed E-state index contributed by atoms with van der Waals surface area (Å²) in [6, 6.07) is 2.02. The highest BCUT2D eigenvalue weighted by molar-refractivity contribution is 5.12. The SMILES string of the molecule is NC(CCCO)c1cc[nH]c1. The van der Waals surface area contributed by atoms with Gasteiger partial charge in [-0.1, -0.05) is 0 Å². The number of H-pyrrole nitrogens is 1. The molecule has 3 heteroatoms. The lowest BCUT2D eigenvalue weighted by Gasteiger charge is -2.07. The Bertz CT molecular complexity index is 184. The number of nitrogens with two attached hydrogens (primary N) is 1. The van der Waals surface area contributed by atoms with Crippen LogP contribution in [0.5, 0.6) is 0 Å². The van der Waals surface area contributed by atoms with E-state index in [9.17, 15) is 0 Å². The Morgan fingerprint density at radius 3 is 3.00 bits per heavy atom. The van der Waals surface area contributed by atoms with Gasteiger partial charge in [0.25, 0.3) is 0 Å². The Morgan fingerprint density at radius 1 is 1.64 bits per heavy atom. The number of rotatable bonds is 4. The van der Waals surface area contributed by atoms with Crippen molar-refractivity contribution >= 4 is 0 Å². The van der Waals surface area contributed by atoms with Crippen LogP contribution >= 0.6 is 0 Å². The van der Waals surface area contributed by atoms with E-state index in [4.69, 9.17) is 10.8 Å². The topological polar surface area (TPSA) is 62.0 Å². The maximum absolute atomic E-state index is 8.55. The fourth-order valence-electron chi connectivity index (χ4n) is 1.05. The Labute approximate surface area is 66.2 Å². The van der Waals surface area contributed by atoms with Crippen molar-refractivity contribution < 1.29 is 5.11 Å². The van der Waals surface area contributed by atoms with Crippen molar-refractivity contribution in [3.63, 3.8) is 0 Å². The minimum atomic E-state index is 0.0633. The smallest absolute Gasteiger partial charge is 0.0431 e. The Balaban J connectivity index is 2.36. The van der Waals surface area contributed by atoms with Crippen LogP contribution in [-0.4, -0.2) is 16.7 Å². The fraction of sp³-hybridized carbons (Fsp3) is 0.500. The first-order valence-electron chi connectivity index (χ1n) is 3.83. The van der Waals surface area contributed by atoms with Crippen LogP contribution in [-0.2, 0) is 0 Å². The molecule has 1 rings (SSSR count). The lowest BCUT2D eigenvalue weighted by molar-refractivity contribution is 0.280. The zero-order chi connectivity index (χ0) is 8.10. The van der Waals surface area contributed by atoms with E-state index in [1.165, 1.54) is 0 Å². The normalized spacial score (nSPS) is 13.3. The summed E-state index contributed by atoms with van der Waals surface area (Å²) in [6.45, 7) is 0.220. The van der Waals surface area contributed by atoms with Crippen LogP contribution in [0.15, 0.2) is 18.5 Å². The molecule has 0 bridgehead atoms. The van der Waals surface area contributed by atoms with E-state index in [1.54, 1.807) is 0 Å². The van der Waals surface area contributed by atoms with Crippen LogP contribution in [0.25, 0.3) is 0 Å². The van der Waals surface area contributed by atoms with E-state index in [-0.39, 0.29) is 12.6 Å². The van der Waals surface area contributed by atoms with Crippen molar-refractivity contribution in [1.82, 2.24) is 4.98 Å². The predicted molar refractivity (Wildman–Crippen MR) is 44.0 cm³/mol. The van der Waals surface area contributed by atoms with Crippen molar-refractivity contribution in [3.05, 3.63) is 24.0 Å². The molecule has 0 amide bonds. The molecule has 0 saturated carbocycles. The average Bonchev–Trinajstić information content (AvgIpc) is 2.52. The average molecular weight is 154 g/mol. The summed E-state index contributed by atoms with van der Waals surface area (Å²) >= 11 is 0. The number of nitrogens with one attached hydrogen (secondary N) is 1.